The zero-order valence-electron chi connectivity index (χ0n) is 14.7. The average Bonchev–Trinajstić information content (AvgIpc) is 2.65. The maximum absolute atomic E-state index is 12.0. The van der Waals surface area contributed by atoms with Crippen LogP contribution in [0.2, 0.25) is 0 Å². The third-order valence-electron chi connectivity index (χ3n) is 4.21. The van der Waals surface area contributed by atoms with Gasteiger partial charge in [-0.2, -0.15) is 0 Å². The van der Waals surface area contributed by atoms with Crippen LogP contribution in [0.25, 0.3) is 0 Å². The number of halogens is 1. The quantitative estimate of drug-likeness (QED) is 0.777. The van der Waals surface area contributed by atoms with Crippen molar-refractivity contribution in [1.29, 1.82) is 0 Å². The van der Waals surface area contributed by atoms with Crippen LogP contribution in [0.3, 0.4) is 0 Å². The molecular formula is C20H25ClN2O3. The Morgan fingerprint density at radius 3 is 2.38 bits per heavy atom. The van der Waals surface area contributed by atoms with Crippen molar-refractivity contribution in [2.45, 2.75) is 25.7 Å². The summed E-state index contributed by atoms with van der Waals surface area (Å²) in [6.07, 6.45) is 4.71. The zero-order valence-corrected chi connectivity index (χ0v) is 15.5. The SMILES string of the molecule is Cl.NCCOc1ccc(NC(=O)COc2ccc3c(c2)CCCC3)cc1. The van der Waals surface area contributed by atoms with Gasteiger partial charge in [0.2, 0.25) is 0 Å². The first-order valence-corrected chi connectivity index (χ1v) is 8.72. The van der Waals surface area contributed by atoms with E-state index >= 15 is 0 Å². The zero-order chi connectivity index (χ0) is 17.5. The highest BCUT2D eigenvalue weighted by Gasteiger charge is 2.11. The number of fused-ring (bicyclic) bond motifs is 1. The van der Waals surface area contributed by atoms with E-state index in [1.54, 1.807) is 24.3 Å². The molecule has 0 unspecified atom stereocenters. The van der Waals surface area contributed by atoms with Crippen LogP contribution >= 0.6 is 12.4 Å². The van der Waals surface area contributed by atoms with Crippen molar-refractivity contribution in [3.8, 4) is 11.5 Å². The number of rotatable bonds is 7. The van der Waals surface area contributed by atoms with Crippen molar-refractivity contribution in [2.24, 2.45) is 5.73 Å². The standard InChI is InChI=1S/C20H24N2O3.ClH/c21-11-12-24-18-9-6-17(7-10-18)22-20(23)14-25-19-8-5-15-3-1-2-4-16(15)13-19;/h5-10,13H,1-4,11-12,14,21H2,(H,22,23);1H. The number of anilines is 1. The number of nitrogens with two attached hydrogens (primary N) is 1. The second kappa shape index (κ2) is 10.0. The summed E-state index contributed by atoms with van der Waals surface area (Å²) < 4.78 is 11.0. The number of carbonyl (C=O) groups is 1. The second-order valence-electron chi connectivity index (χ2n) is 6.14. The summed E-state index contributed by atoms with van der Waals surface area (Å²) in [7, 11) is 0. The summed E-state index contributed by atoms with van der Waals surface area (Å²) in [5, 5.41) is 2.81. The highest BCUT2D eigenvalue weighted by Crippen LogP contribution is 2.25. The average molecular weight is 377 g/mol. The Morgan fingerprint density at radius 2 is 1.65 bits per heavy atom. The molecule has 0 radical (unpaired) electrons. The Balaban J connectivity index is 0.00000243. The minimum Gasteiger partial charge on any atom is -0.492 e. The summed E-state index contributed by atoms with van der Waals surface area (Å²) in [6.45, 7) is 0.934. The fourth-order valence-corrected chi connectivity index (χ4v) is 2.96. The van der Waals surface area contributed by atoms with Crippen LogP contribution in [-0.4, -0.2) is 25.7 Å². The molecule has 1 aliphatic rings. The van der Waals surface area contributed by atoms with Gasteiger partial charge in [0.1, 0.15) is 18.1 Å². The Labute approximate surface area is 160 Å². The number of carbonyl (C=O) groups excluding carboxylic acids is 1. The third kappa shape index (κ3) is 5.64. The Morgan fingerprint density at radius 1 is 0.962 bits per heavy atom. The first-order chi connectivity index (χ1) is 12.2. The minimum atomic E-state index is -0.187. The van der Waals surface area contributed by atoms with E-state index in [2.05, 4.69) is 17.4 Å². The predicted molar refractivity (Wildman–Crippen MR) is 105 cm³/mol. The van der Waals surface area contributed by atoms with Gasteiger partial charge >= 0.3 is 0 Å². The number of nitrogens with one attached hydrogen (secondary N) is 1. The van der Waals surface area contributed by atoms with Gasteiger partial charge in [-0.3, -0.25) is 4.79 Å². The smallest absolute Gasteiger partial charge is 0.262 e. The highest BCUT2D eigenvalue weighted by atomic mass is 35.5. The Kier molecular flexibility index (Phi) is 7.75. The van der Waals surface area contributed by atoms with Gasteiger partial charge in [-0.1, -0.05) is 6.07 Å². The van der Waals surface area contributed by atoms with E-state index in [9.17, 15) is 4.79 Å². The van der Waals surface area contributed by atoms with Crippen molar-refractivity contribution in [1.82, 2.24) is 0 Å². The predicted octanol–water partition coefficient (Wildman–Crippen LogP) is 3.34. The molecule has 1 aliphatic carbocycles. The number of aryl methyl sites for hydroxylation is 2. The van der Waals surface area contributed by atoms with E-state index in [0.717, 1.165) is 24.3 Å². The molecule has 3 rings (SSSR count). The number of ether oxygens (including phenoxy) is 2. The first kappa shape index (κ1) is 20.1. The van der Waals surface area contributed by atoms with Gasteiger partial charge in [0, 0.05) is 12.2 Å². The molecule has 6 heteroatoms. The van der Waals surface area contributed by atoms with E-state index in [0.29, 0.717) is 18.8 Å². The third-order valence-corrected chi connectivity index (χ3v) is 4.21. The highest BCUT2D eigenvalue weighted by molar-refractivity contribution is 5.91. The number of hydrogen-bond donors (Lipinski definition) is 2. The van der Waals surface area contributed by atoms with Crippen LogP contribution in [0.15, 0.2) is 42.5 Å². The van der Waals surface area contributed by atoms with E-state index in [1.807, 2.05) is 6.07 Å². The monoisotopic (exact) mass is 376 g/mol. The maximum atomic E-state index is 12.0. The lowest BCUT2D eigenvalue weighted by atomic mass is 9.92. The Bertz CT molecular complexity index is 719. The normalized spacial score (nSPS) is 12.5. The molecule has 0 aromatic heterocycles. The van der Waals surface area contributed by atoms with Gasteiger partial charge in [-0.15, -0.1) is 12.4 Å². The lowest BCUT2D eigenvalue weighted by molar-refractivity contribution is -0.118. The van der Waals surface area contributed by atoms with E-state index in [-0.39, 0.29) is 24.9 Å². The van der Waals surface area contributed by atoms with Crippen LogP contribution in [0, 0.1) is 0 Å². The largest absolute Gasteiger partial charge is 0.492 e. The number of hydrogen-bond acceptors (Lipinski definition) is 4. The van der Waals surface area contributed by atoms with Gasteiger partial charge in [0.15, 0.2) is 6.61 Å². The molecule has 0 saturated carbocycles. The molecule has 1 amide bonds. The van der Waals surface area contributed by atoms with E-state index in [1.165, 1.54) is 24.0 Å². The van der Waals surface area contributed by atoms with E-state index < -0.39 is 0 Å². The number of benzene rings is 2. The van der Waals surface area contributed by atoms with Crippen LogP contribution < -0.4 is 20.5 Å². The summed E-state index contributed by atoms with van der Waals surface area (Å²) in [6, 6.07) is 13.3. The molecule has 0 aliphatic heterocycles. The maximum Gasteiger partial charge on any atom is 0.262 e. The molecule has 0 bridgehead atoms. The van der Waals surface area contributed by atoms with Crippen LogP contribution in [0.4, 0.5) is 5.69 Å². The topological polar surface area (TPSA) is 73.6 Å². The summed E-state index contributed by atoms with van der Waals surface area (Å²) in [4.78, 5) is 12.0. The molecule has 26 heavy (non-hydrogen) atoms. The van der Waals surface area contributed by atoms with Crippen LogP contribution in [0.1, 0.15) is 24.0 Å². The van der Waals surface area contributed by atoms with Gasteiger partial charge in [0.25, 0.3) is 5.91 Å². The van der Waals surface area contributed by atoms with Crippen molar-refractivity contribution < 1.29 is 14.3 Å². The second-order valence-corrected chi connectivity index (χ2v) is 6.14. The lowest BCUT2D eigenvalue weighted by Gasteiger charge is -2.16. The molecule has 0 saturated heterocycles. The van der Waals surface area contributed by atoms with Crippen molar-refractivity contribution in [3.05, 3.63) is 53.6 Å². The molecule has 0 atom stereocenters. The molecule has 0 spiro atoms. The molecule has 140 valence electrons. The first-order valence-electron chi connectivity index (χ1n) is 8.72. The van der Waals surface area contributed by atoms with Crippen molar-refractivity contribution >= 4 is 24.0 Å². The summed E-state index contributed by atoms with van der Waals surface area (Å²) in [5.41, 5.74) is 8.85. The molecule has 0 fully saturated rings. The van der Waals surface area contributed by atoms with Gasteiger partial charge in [-0.25, -0.2) is 0 Å². The van der Waals surface area contributed by atoms with Crippen LogP contribution in [-0.2, 0) is 17.6 Å². The van der Waals surface area contributed by atoms with Gasteiger partial charge < -0.3 is 20.5 Å². The van der Waals surface area contributed by atoms with Gasteiger partial charge in [0.05, 0.1) is 0 Å². The summed E-state index contributed by atoms with van der Waals surface area (Å²) in [5.74, 6) is 1.29. The van der Waals surface area contributed by atoms with Crippen molar-refractivity contribution in [3.63, 3.8) is 0 Å². The van der Waals surface area contributed by atoms with E-state index in [4.69, 9.17) is 15.2 Å². The molecular weight excluding hydrogens is 352 g/mol. The van der Waals surface area contributed by atoms with Gasteiger partial charge in [-0.05, 0) is 73.2 Å². The number of amides is 1. The molecule has 3 N–H and O–H groups in total. The molecule has 2 aromatic rings. The minimum absolute atomic E-state index is 0. The Hall–Kier alpha value is -2.24. The van der Waals surface area contributed by atoms with Crippen molar-refractivity contribution in [2.75, 3.05) is 25.1 Å². The lowest BCUT2D eigenvalue weighted by Crippen LogP contribution is -2.20. The van der Waals surface area contributed by atoms with Crippen LogP contribution in [0.5, 0.6) is 11.5 Å². The fourth-order valence-electron chi connectivity index (χ4n) is 2.96. The summed E-state index contributed by atoms with van der Waals surface area (Å²) >= 11 is 0. The molecule has 0 heterocycles. The molecule has 2 aromatic carbocycles. The molecule has 5 nitrogen and oxygen atoms in total. The fraction of sp³-hybridized carbons (Fsp3) is 0.350.